The first kappa shape index (κ1) is 14.2. The summed E-state index contributed by atoms with van der Waals surface area (Å²) < 4.78 is 4.37. The fourth-order valence-electron chi connectivity index (χ4n) is 3.86. The van der Waals surface area contributed by atoms with E-state index in [1.807, 2.05) is 17.7 Å². The highest BCUT2D eigenvalue weighted by molar-refractivity contribution is 6.10. The molecule has 4 nitrogen and oxygen atoms in total. The van der Waals surface area contributed by atoms with Gasteiger partial charge in [0.05, 0.1) is 5.52 Å². The van der Waals surface area contributed by atoms with Crippen LogP contribution in [0.5, 0.6) is 0 Å². The highest BCUT2D eigenvalue weighted by Crippen LogP contribution is 2.33. The lowest BCUT2D eigenvalue weighted by Crippen LogP contribution is -2.10. The van der Waals surface area contributed by atoms with Crippen LogP contribution in [0.1, 0.15) is 40.3 Å². The third-order valence-corrected chi connectivity index (χ3v) is 5.04. The van der Waals surface area contributed by atoms with Crippen molar-refractivity contribution in [3.63, 3.8) is 0 Å². The number of imidazole rings is 1. The predicted octanol–water partition coefficient (Wildman–Crippen LogP) is 3.67. The maximum atomic E-state index is 12.9. The molecule has 1 aliphatic heterocycles. The number of hydrogen-bond acceptors (Lipinski definition) is 2. The van der Waals surface area contributed by atoms with Gasteiger partial charge in [-0.2, -0.15) is 0 Å². The maximum absolute atomic E-state index is 12.9. The van der Waals surface area contributed by atoms with Gasteiger partial charge < -0.3 is 9.13 Å². The third kappa shape index (κ3) is 2.21. The van der Waals surface area contributed by atoms with E-state index in [0.717, 1.165) is 41.9 Å². The normalized spacial score (nSPS) is 13.7. The average molecular weight is 307 g/mol. The van der Waals surface area contributed by atoms with Crippen LogP contribution < -0.4 is 0 Å². The number of ketones is 1. The molecule has 0 bridgehead atoms. The van der Waals surface area contributed by atoms with Crippen molar-refractivity contribution in [2.75, 3.05) is 0 Å². The second-order valence-electron chi connectivity index (χ2n) is 6.37. The predicted molar refractivity (Wildman–Crippen MR) is 90.9 cm³/mol. The standard InChI is InChI=1S/C19H21N3O/c1-13-18(17(23)8-11-21-12-9-20-14(21)2)16-7-3-5-15-6-4-10-22(13)19(15)16/h3,5,7,9,12H,4,6,8,10-11H2,1-2H3. The van der Waals surface area contributed by atoms with Gasteiger partial charge in [-0.05, 0) is 32.3 Å². The molecule has 0 saturated carbocycles. The van der Waals surface area contributed by atoms with Crippen molar-refractivity contribution in [2.45, 2.75) is 46.2 Å². The SMILES string of the molecule is Cc1nccn1CCC(=O)c1c(C)n2c3c(cccc13)CCC2. The van der Waals surface area contributed by atoms with Gasteiger partial charge in [0.25, 0.3) is 0 Å². The van der Waals surface area contributed by atoms with Crippen LogP contribution in [-0.4, -0.2) is 19.9 Å². The number of nitrogens with zero attached hydrogens (tertiary/aromatic N) is 3. The second-order valence-corrected chi connectivity index (χ2v) is 6.37. The number of benzene rings is 1. The number of carbonyl (C=O) groups is 1. The molecule has 3 heterocycles. The van der Waals surface area contributed by atoms with Crippen LogP contribution in [0.4, 0.5) is 0 Å². The molecule has 0 spiro atoms. The number of aryl methyl sites for hydroxylation is 4. The van der Waals surface area contributed by atoms with Crippen LogP contribution in [0.2, 0.25) is 0 Å². The van der Waals surface area contributed by atoms with E-state index in [9.17, 15) is 4.79 Å². The average Bonchev–Trinajstić information content (AvgIpc) is 3.09. The minimum atomic E-state index is 0.235. The van der Waals surface area contributed by atoms with E-state index in [-0.39, 0.29) is 5.78 Å². The van der Waals surface area contributed by atoms with E-state index in [1.54, 1.807) is 6.20 Å². The summed E-state index contributed by atoms with van der Waals surface area (Å²) in [7, 11) is 0. The van der Waals surface area contributed by atoms with Gasteiger partial charge in [0.1, 0.15) is 5.82 Å². The number of carbonyl (C=O) groups excluding carboxylic acids is 1. The van der Waals surface area contributed by atoms with Gasteiger partial charge >= 0.3 is 0 Å². The molecule has 1 aliphatic rings. The quantitative estimate of drug-likeness (QED) is 0.690. The topological polar surface area (TPSA) is 39.8 Å². The highest BCUT2D eigenvalue weighted by Gasteiger charge is 2.23. The van der Waals surface area contributed by atoms with Crippen molar-refractivity contribution in [3.05, 3.63) is 53.2 Å². The van der Waals surface area contributed by atoms with Gasteiger partial charge in [0.15, 0.2) is 5.78 Å². The Morgan fingerprint density at radius 3 is 2.96 bits per heavy atom. The van der Waals surface area contributed by atoms with E-state index < -0.39 is 0 Å². The Morgan fingerprint density at radius 2 is 2.17 bits per heavy atom. The molecule has 0 amide bonds. The summed E-state index contributed by atoms with van der Waals surface area (Å²) in [6.45, 7) is 5.77. The lowest BCUT2D eigenvalue weighted by atomic mass is 10.0. The number of hydrogen-bond donors (Lipinski definition) is 0. The highest BCUT2D eigenvalue weighted by atomic mass is 16.1. The third-order valence-electron chi connectivity index (χ3n) is 5.04. The summed E-state index contributed by atoms with van der Waals surface area (Å²) in [5.41, 5.74) is 4.70. The van der Waals surface area contributed by atoms with E-state index in [1.165, 1.54) is 11.1 Å². The molecule has 0 N–H and O–H groups in total. The van der Waals surface area contributed by atoms with Crippen molar-refractivity contribution in [1.82, 2.24) is 14.1 Å². The van der Waals surface area contributed by atoms with Crippen LogP contribution in [0.25, 0.3) is 10.9 Å². The monoisotopic (exact) mass is 307 g/mol. The molecule has 4 heteroatoms. The van der Waals surface area contributed by atoms with Gasteiger partial charge in [0, 0.05) is 48.5 Å². The summed E-state index contributed by atoms with van der Waals surface area (Å²) in [5, 5.41) is 1.13. The first-order valence-electron chi connectivity index (χ1n) is 8.28. The van der Waals surface area contributed by atoms with Crippen LogP contribution in [0, 0.1) is 13.8 Å². The molecule has 0 saturated heterocycles. The Kier molecular flexibility index (Phi) is 3.33. The molecule has 1 aromatic carbocycles. The molecule has 0 unspecified atom stereocenters. The zero-order chi connectivity index (χ0) is 16.0. The molecule has 3 aromatic rings. The van der Waals surface area contributed by atoms with Crippen LogP contribution in [-0.2, 0) is 19.5 Å². The Labute approximate surface area is 135 Å². The summed E-state index contributed by atoms with van der Waals surface area (Å²) in [6.07, 6.45) is 6.50. The summed E-state index contributed by atoms with van der Waals surface area (Å²) in [5.74, 6) is 1.19. The van der Waals surface area contributed by atoms with Crippen LogP contribution in [0.15, 0.2) is 30.6 Å². The Balaban J connectivity index is 1.72. The second kappa shape index (κ2) is 5.37. The molecular formula is C19H21N3O. The Bertz CT molecular complexity index is 901. The number of Topliss-reactive ketones (excluding diaryl/α,β-unsaturated/α-hetero) is 1. The lowest BCUT2D eigenvalue weighted by Gasteiger charge is -2.16. The molecular weight excluding hydrogens is 286 g/mol. The first-order chi connectivity index (χ1) is 11.2. The van der Waals surface area contributed by atoms with Crippen LogP contribution >= 0.6 is 0 Å². The van der Waals surface area contributed by atoms with Crippen molar-refractivity contribution < 1.29 is 4.79 Å². The number of aromatic nitrogens is 3. The molecule has 0 atom stereocenters. The molecule has 23 heavy (non-hydrogen) atoms. The summed E-state index contributed by atoms with van der Waals surface area (Å²) in [6, 6.07) is 6.38. The van der Waals surface area contributed by atoms with Crippen LogP contribution in [0.3, 0.4) is 0 Å². The van der Waals surface area contributed by atoms with Gasteiger partial charge in [0.2, 0.25) is 0 Å². The summed E-state index contributed by atoms with van der Waals surface area (Å²) >= 11 is 0. The zero-order valence-corrected chi connectivity index (χ0v) is 13.7. The van der Waals surface area contributed by atoms with E-state index >= 15 is 0 Å². The number of para-hydroxylation sites is 1. The molecule has 2 aromatic heterocycles. The van der Waals surface area contributed by atoms with Gasteiger partial charge in [-0.3, -0.25) is 4.79 Å². The fraction of sp³-hybridized carbons (Fsp3) is 0.368. The molecule has 0 fully saturated rings. The van der Waals surface area contributed by atoms with Crippen molar-refractivity contribution >= 4 is 16.7 Å². The molecule has 4 rings (SSSR count). The molecule has 0 aliphatic carbocycles. The van der Waals surface area contributed by atoms with Crippen molar-refractivity contribution in [1.29, 1.82) is 0 Å². The number of rotatable bonds is 4. The lowest BCUT2D eigenvalue weighted by molar-refractivity contribution is 0.0977. The molecule has 118 valence electrons. The van der Waals surface area contributed by atoms with Gasteiger partial charge in [-0.15, -0.1) is 0 Å². The summed E-state index contributed by atoms with van der Waals surface area (Å²) in [4.78, 5) is 17.1. The first-order valence-corrected chi connectivity index (χ1v) is 8.28. The smallest absolute Gasteiger partial charge is 0.167 e. The largest absolute Gasteiger partial charge is 0.344 e. The minimum absolute atomic E-state index is 0.235. The van der Waals surface area contributed by atoms with Gasteiger partial charge in [-0.1, -0.05) is 18.2 Å². The molecule has 0 radical (unpaired) electrons. The minimum Gasteiger partial charge on any atom is -0.344 e. The van der Waals surface area contributed by atoms with Crippen molar-refractivity contribution in [2.24, 2.45) is 0 Å². The van der Waals surface area contributed by atoms with E-state index in [0.29, 0.717) is 13.0 Å². The maximum Gasteiger partial charge on any atom is 0.167 e. The zero-order valence-electron chi connectivity index (χ0n) is 13.7. The van der Waals surface area contributed by atoms with Crippen molar-refractivity contribution in [3.8, 4) is 0 Å². The Hall–Kier alpha value is -2.36. The van der Waals surface area contributed by atoms with E-state index in [4.69, 9.17) is 0 Å². The van der Waals surface area contributed by atoms with Gasteiger partial charge in [-0.25, -0.2) is 4.98 Å². The van der Waals surface area contributed by atoms with E-state index in [2.05, 4.69) is 34.7 Å². The fourth-order valence-corrected chi connectivity index (χ4v) is 3.86. The Morgan fingerprint density at radius 1 is 1.30 bits per heavy atom.